The topological polar surface area (TPSA) is 57.0 Å². The summed E-state index contributed by atoms with van der Waals surface area (Å²) in [4.78, 5) is 22.0. The molecule has 0 amide bonds. The molecule has 1 aromatic carbocycles. The molecule has 1 aliphatic rings. The van der Waals surface area contributed by atoms with Gasteiger partial charge in [-0.15, -0.1) is 0 Å². The van der Waals surface area contributed by atoms with E-state index in [1.54, 1.807) is 19.2 Å². The molecule has 0 saturated heterocycles. The number of benzene rings is 1. The standard InChI is InChI=1S/C22H24FN3O2/c1-5-18(14-6-7-14)26-21-20(25-13(3)22(26)27)15(8-9-24-21)16-11-17(23)19(28-4)10-12(16)2/h8-11,14,18H,5-7H2,1-4H3/t18-/m1/s1. The maximum Gasteiger partial charge on any atom is 0.273 e. The average Bonchev–Trinajstić information content (AvgIpc) is 3.51. The van der Waals surface area contributed by atoms with Crippen LogP contribution in [0.4, 0.5) is 4.39 Å². The van der Waals surface area contributed by atoms with E-state index in [2.05, 4.69) is 16.9 Å². The van der Waals surface area contributed by atoms with E-state index in [1.807, 2.05) is 17.6 Å². The number of ether oxygens (including phenoxy) is 1. The maximum absolute atomic E-state index is 14.4. The Kier molecular flexibility index (Phi) is 4.65. The van der Waals surface area contributed by atoms with Gasteiger partial charge in [0.2, 0.25) is 0 Å². The molecule has 0 aliphatic heterocycles. The van der Waals surface area contributed by atoms with E-state index in [1.165, 1.54) is 13.2 Å². The first-order chi connectivity index (χ1) is 13.5. The number of halogens is 1. The Bertz CT molecular complexity index is 1120. The zero-order valence-electron chi connectivity index (χ0n) is 16.6. The highest BCUT2D eigenvalue weighted by Crippen LogP contribution is 2.42. The lowest BCUT2D eigenvalue weighted by Crippen LogP contribution is -2.29. The summed E-state index contributed by atoms with van der Waals surface area (Å²) in [7, 11) is 1.45. The number of aryl methyl sites for hydroxylation is 2. The van der Waals surface area contributed by atoms with Crippen LogP contribution >= 0.6 is 0 Å². The molecule has 0 spiro atoms. The Balaban J connectivity index is 2.01. The Morgan fingerprint density at radius 2 is 2.04 bits per heavy atom. The lowest BCUT2D eigenvalue weighted by molar-refractivity contribution is 0.386. The number of pyridine rings is 1. The predicted molar refractivity (Wildman–Crippen MR) is 107 cm³/mol. The van der Waals surface area contributed by atoms with Gasteiger partial charge in [0, 0.05) is 17.8 Å². The lowest BCUT2D eigenvalue weighted by Gasteiger charge is -2.21. The fourth-order valence-electron chi connectivity index (χ4n) is 4.05. The number of hydrogen-bond acceptors (Lipinski definition) is 4. The summed E-state index contributed by atoms with van der Waals surface area (Å²) in [6.45, 7) is 5.74. The highest BCUT2D eigenvalue weighted by Gasteiger charge is 2.33. The summed E-state index contributed by atoms with van der Waals surface area (Å²) in [6.07, 6.45) is 4.81. The van der Waals surface area contributed by atoms with Crippen molar-refractivity contribution in [2.75, 3.05) is 7.11 Å². The van der Waals surface area contributed by atoms with Gasteiger partial charge in [-0.2, -0.15) is 0 Å². The first-order valence-electron chi connectivity index (χ1n) is 9.68. The van der Waals surface area contributed by atoms with E-state index in [9.17, 15) is 9.18 Å². The fourth-order valence-corrected chi connectivity index (χ4v) is 4.05. The Morgan fingerprint density at radius 1 is 1.29 bits per heavy atom. The zero-order chi connectivity index (χ0) is 20.0. The number of rotatable bonds is 5. The van der Waals surface area contributed by atoms with E-state index in [0.29, 0.717) is 22.8 Å². The van der Waals surface area contributed by atoms with Crippen molar-refractivity contribution in [3.05, 3.63) is 51.8 Å². The van der Waals surface area contributed by atoms with Gasteiger partial charge in [-0.05, 0) is 68.4 Å². The molecular weight excluding hydrogens is 357 g/mol. The molecule has 1 fully saturated rings. The van der Waals surface area contributed by atoms with Crippen molar-refractivity contribution >= 4 is 11.2 Å². The number of nitrogens with zero attached hydrogens (tertiary/aromatic N) is 3. The van der Waals surface area contributed by atoms with Crippen LogP contribution in [0.15, 0.2) is 29.2 Å². The van der Waals surface area contributed by atoms with Gasteiger partial charge >= 0.3 is 0 Å². The van der Waals surface area contributed by atoms with Crippen molar-refractivity contribution in [3.8, 4) is 16.9 Å². The molecule has 5 nitrogen and oxygen atoms in total. The number of hydrogen-bond donors (Lipinski definition) is 0. The molecule has 0 radical (unpaired) electrons. The van der Waals surface area contributed by atoms with Crippen LogP contribution < -0.4 is 10.3 Å². The van der Waals surface area contributed by atoms with Crippen molar-refractivity contribution in [1.82, 2.24) is 14.5 Å². The highest BCUT2D eigenvalue weighted by molar-refractivity contribution is 5.90. The van der Waals surface area contributed by atoms with Crippen molar-refractivity contribution < 1.29 is 9.13 Å². The minimum atomic E-state index is -0.428. The van der Waals surface area contributed by atoms with Crippen LogP contribution in [0, 0.1) is 25.6 Å². The van der Waals surface area contributed by atoms with Crippen LogP contribution in [0.3, 0.4) is 0 Å². The monoisotopic (exact) mass is 381 g/mol. The van der Waals surface area contributed by atoms with Crippen LogP contribution in [0.5, 0.6) is 5.75 Å². The Morgan fingerprint density at radius 3 is 2.68 bits per heavy atom. The third-order valence-corrected chi connectivity index (χ3v) is 5.65. The summed E-state index contributed by atoms with van der Waals surface area (Å²) in [5.74, 6) is 0.293. The maximum atomic E-state index is 14.4. The van der Waals surface area contributed by atoms with Crippen LogP contribution in [-0.4, -0.2) is 21.6 Å². The predicted octanol–water partition coefficient (Wildman–Crippen LogP) is 4.58. The number of fused-ring (bicyclic) bond motifs is 1. The Hall–Kier alpha value is -2.76. The van der Waals surface area contributed by atoms with Crippen molar-refractivity contribution in [1.29, 1.82) is 0 Å². The van der Waals surface area contributed by atoms with Crippen LogP contribution in [0.25, 0.3) is 22.3 Å². The molecule has 0 N–H and O–H groups in total. The molecular formula is C22H24FN3O2. The van der Waals surface area contributed by atoms with Gasteiger partial charge in [0.1, 0.15) is 11.2 Å². The van der Waals surface area contributed by atoms with Crippen LogP contribution in [0.2, 0.25) is 0 Å². The van der Waals surface area contributed by atoms with E-state index >= 15 is 0 Å². The number of methoxy groups -OCH3 is 1. The van der Waals surface area contributed by atoms with Crippen molar-refractivity contribution in [2.24, 2.45) is 5.92 Å². The molecule has 0 bridgehead atoms. The molecule has 1 aliphatic carbocycles. The molecule has 146 valence electrons. The molecule has 1 saturated carbocycles. The van der Waals surface area contributed by atoms with E-state index in [0.717, 1.165) is 36.0 Å². The van der Waals surface area contributed by atoms with E-state index in [4.69, 9.17) is 4.74 Å². The zero-order valence-corrected chi connectivity index (χ0v) is 16.6. The molecule has 6 heteroatoms. The SMILES string of the molecule is CC[C@H](C1CC1)n1c(=O)c(C)nc2c(-c3cc(F)c(OC)cc3C)ccnc21. The van der Waals surface area contributed by atoms with E-state index < -0.39 is 5.82 Å². The molecule has 28 heavy (non-hydrogen) atoms. The van der Waals surface area contributed by atoms with Gasteiger partial charge < -0.3 is 4.74 Å². The van der Waals surface area contributed by atoms with Gasteiger partial charge in [-0.1, -0.05) is 6.92 Å². The summed E-state index contributed by atoms with van der Waals surface area (Å²) >= 11 is 0. The Labute approximate surface area is 163 Å². The van der Waals surface area contributed by atoms with Crippen LogP contribution in [-0.2, 0) is 0 Å². The average molecular weight is 381 g/mol. The summed E-state index contributed by atoms with van der Waals surface area (Å²) in [5, 5.41) is 0. The van der Waals surface area contributed by atoms with Crippen molar-refractivity contribution in [2.45, 2.75) is 46.1 Å². The summed E-state index contributed by atoms with van der Waals surface area (Å²) in [5.41, 5.74) is 3.92. The molecule has 2 heterocycles. The molecule has 0 unspecified atom stereocenters. The van der Waals surface area contributed by atoms with Gasteiger partial charge in [0.05, 0.1) is 7.11 Å². The van der Waals surface area contributed by atoms with Gasteiger partial charge in [0.25, 0.3) is 5.56 Å². The molecule has 4 rings (SSSR count). The molecule has 1 atom stereocenters. The first-order valence-corrected chi connectivity index (χ1v) is 9.68. The van der Waals surface area contributed by atoms with E-state index in [-0.39, 0.29) is 17.4 Å². The summed E-state index contributed by atoms with van der Waals surface area (Å²) < 4.78 is 21.3. The normalized spacial score (nSPS) is 15.0. The van der Waals surface area contributed by atoms with Gasteiger partial charge in [-0.3, -0.25) is 9.36 Å². The second-order valence-electron chi connectivity index (χ2n) is 7.52. The van der Waals surface area contributed by atoms with Crippen LogP contribution in [0.1, 0.15) is 43.5 Å². The first kappa shape index (κ1) is 18.6. The second kappa shape index (κ2) is 7.00. The third-order valence-electron chi connectivity index (χ3n) is 5.65. The molecule has 3 aromatic rings. The smallest absolute Gasteiger partial charge is 0.273 e. The second-order valence-corrected chi connectivity index (χ2v) is 7.52. The number of aromatic nitrogens is 3. The largest absolute Gasteiger partial charge is 0.494 e. The van der Waals surface area contributed by atoms with Gasteiger partial charge in [0.15, 0.2) is 17.2 Å². The highest BCUT2D eigenvalue weighted by atomic mass is 19.1. The quantitative estimate of drug-likeness (QED) is 0.649. The molecule has 2 aromatic heterocycles. The fraction of sp³-hybridized carbons (Fsp3) is 0.409. The summed E-state index contributed by atoms with van der Waals surface area (Å²) in [6, 6.07) is 5.09. The third kappa shape index (κ3) is 2.97. The van der Waals surface area contributed by atoms with Crippen molar-refractivity contribution in [3.63, 3.8) is 0 Å². The lowest BCUT2D eigenvalue weighted by atomic mass is 9.99. The minimum Gasteiger partial charge on any atom is -0.494 e. The van der Waals surface area contributed by atoms with Gasteiger partial charge in [-0.25, -0.2) is 14.4 Å². The minimum absolute atomic E-state index is 0.0893.